The van der Waals surface area contributed by atoms with E-state index in [1.165, 1.54) is 6.92 Å². The Balaban J connectivity index is 3.71. The molecule has 0 radical (unpaired) electrons. The van der Waals surface area contributed by atoms with E-state index in [-0.39, 0.29) is 6.61 Å². The summed E-state index contributed by atoms with van der Waals surface area (Å²) in [5.41, 5.74) is 0. The summed E-state index contributed by atoms with van der Waals surface area (Å²) in [6, 6.07) is 0. The highest BCUT2D eigenvalue weighted by Crippen LogP contribution is 2.22. The van der Waals surface area contributed by atoms with Gasteiger partial charge in [-0.3, -0.25) is 0 Å². The summed E-state index contributed by atoms with van der Waals surface area (Å²) >= 11 is 7.69. The standard InChI is InChI=1S/C4H10O2S2/c1-3(6)4(7,8)2-5/h3,5-8H,2H2,1H3. The lowest BCUT2D eigenvalue weighted by atomic mass is 10.3. The van der Waals surface area contributed by atoms with Crippen LogP contribution in [-0.4, -0.2) is 27.0 Å². The average molecular weight is 154 g/mol. The SMILES string of the molecule is CC(O)C(S)(S)CO. The van der Waals surface area contributed by atoms with Crippen LogP contribution in [-0.2, 0) is 0 Å². The average Bonchev–Trinajstić information content (AvgIpc) is 1.67. The van der Waals surface area contributed by atoms with Gasteiger partial charge in [0.05, 0.1) is 12.7 Å². The molecule has 0 rings (SSSR count). The van der Waals surface area contributed by atoms with E-state index < -0.39 is 10.2 Å². The molecule has 0 aliphatic carbocycles. The van der Waals surface area contributed by atoms with Crippen LogP contribution in [0.1, 0.15) is 6.92 Å². The van der Waals surface area contributed by atoms with Crippen molar-refractivity contribution in [2.24, 2.45) is 0 Å². The van der Waals surface area contributed by atoms with Gasteiger partial charge in [0.25, 0.3) is 0 Å². The summed E-state index contributed by atoms with van der Waals surface area (Å²) in [5, 5.41) is 17.2. The maximum Gasteiger partial charge on any atom is 0.104 e. The highest BCUT2D eigenvalue weighted by molar-refractivity contribution is 8.00. The van der Waals surface area contributed by atoms with Crippen LogP contribution in [0.25, 0.3) is 0 Å². The number of rotatable bonds is 2. The number of aliphatic hydroxyl groups is 2. The minimum atomic E-state index is -0.958. The second kappa shape index (κ2) is 2.96. The monoisotopic (exact) mass is 154 g/mol. The number of thiol groups is 2. The van der Waals surface area contributed by atoms with Crippen LogP contribution in [0.3, 0.4) is 0 Å². The van der Waals surface area contributed by atoms with Crippen molar-refractivity contribution in [3.05, 3.63) is 0 Å². The quantitative estimate of drug-likeness (QED) is 0.332. The van der Waals surface area contributed by atoms with E-state index in [4.69, 9.17) is 10.2 Å². The maximum absolute atomic E-state index is 8.77. The van der Waals surface area contributed by atoms with Crippen LogP contribution >= 0.6 is 25.3 Å². The van der Waals surface area contributed by atoms with E-state index in [1.54, 1.807) is 0 Å². The Bertz CT molecular complexity index is 72.4. The van der Waals surface area contributed by atoms with Crippen molar-refractivity contribution in [3.63, 3.8) is 0 Å². The molecule has 2 N–H and O–H groups in total. The highest BCUT2D eigenvalue weighted by atomic mass is 32.2. The molecule has 0 aliphatic heterocycles. The van der Waals surface area contributed by atoms with Crippen LogP contribution in [0.4, 0.5) is 0 Å². The van der Waals surface area contributed by atoms with Gasteiger partial charge in [-0.05, 0) is 6.92 Å². The summed E-state index contributed by atoms with van der Waals surface area (Å²) in [6.07, 6.45) is -0.709. The third-order valence-electron chi connectivity index (χ3n) is 0.902. The number of hydrogen-bond acceptors (Lipinski definition) is 4. The van der Waals surface area contributed by atoms with Crippen molar-refractivity contribution in [2.75, 3.05) is 6.61 Å². The molecule has 0 bridgehead atoms. The molecule has 2 nitrogen and oxygen atoms in total. The normalized spacial score (nSPS) is 16.1. The zero-order chi connectivity index (χ0) is 6.78. The first-order valence-electron chi connectivity index (χ1n) is 2.24. The Morgan fingerprint density at radius 1 is 1.62 bits per heavy atom. The van der Waals surface area contributed by atoms with Gasteiger partial charge in [-0.1, -0.05) is 0 Å². The largest absolute Gasteiger partial charge is 0.394 e. The molecule has 0 aromatic heterocycles. The summed E-state index contributed by atoms with van der Waals surface area (Å²) in [4.78, 5) is 0. The Labute approximate surface area is 59.7 Å². The Hall–Kier alpha value is 0.620. The molecule has 1 atom stereocenters. The first kappa shape index (κ1) is 8.62. The molecule has 0 saturated heterocycles. The maximum atomic E-state index is 8.77. The molecule has 0 heterocycles. The van der Waals surface area contributed by atoms with Gasteiger partial charge in [0.1, 0.15) is 4.08 Å². The number of hydrogen-bond donors (Lipinski definition) is 4. The molecular weight excluding hydrogens is 144 g/mol. The van der Waals surface area contributed by atoms with E-state index in [0.717, 1.165) is 0 Å². The van der Waals surface area contributed by atoms with E-state index >= 15 is 0 Å². The van der Waals surface area contributed by atoms with Crippen molar-refractivity contribution in [1.29, 1.82) is 0 Å². The molecular formula is C4H10O2S2. The predicted octanol–water partition coefficient (Wildman–Crippen LogP) is -0.0846. The van der Waals surface area contributed by atoms with Crippen molar-refractivity contribution in [3.8, 4) is 0 Å². The molecule has 8 heavy (non-hydrogen) atoms. The fourth-order valence-corrected chi connectivity index (χ4v) is 0.132. The summed E-state index contributed by atoms with van der Waals surface area (Å²) in [5.74, 6) is 0. The molecule has 1 unspecified atom stereocenters. The van der Waals surface area contributed by atoms with Gasteiger partial charge in [0.15, 0.2) is 0 Å². The third-order valence-corrected chi connectivity index (χ3v) is 1.93. The molecule has 4 heteroatoms. The third kappa shape index (κ3) is 2.26. The van der Waals surface area contributed by atoms with Gasteiger partial charge in [-0.15, -0.1) is 0 Å². The summed E-state index contributed by atoms with van der Waals surface area (Å²) in [6.45, 7) is 1.28. The second-order valence-corrected chi connectivity index (χ2v) is 3.66. The Morgan fingerprint density at radius 2 is 2.00 bits per heavy atom. The predicted molar refractivity (Wildman–Crippen MR) is 39.5 cm³/mol. The van der Waals surface area contributed by atoms with E-state index in [2.05, 4.69) is 25.3 Å². The van der Waals surface area contributed by atoms with Crippen molar-refractivity contribution in [2.45, 2.75) is 17.1 Å². The van der Waals surface area contributed by atoms with Crippen LogP contribution in [0.2, 0.25) is 0 Å². The zero-order valence-electron chi connectivity index (χ0n) is 4.57. The van der Waals surface area contributed by atoms with Crippen molar-refractivity contribution < 1.29 is 10.2 Å². The smallest absolute Gasteiger partial charge is 0.104 e. The Kier molecular flexibility index (Phi) is 3.19. The summed E-state index contributed by atoms with van der Waals surface area (Å²) < 4.78 is -0.958. The molecule has 0 aromatic carbocycles. The van der Waals surface area contributed by atoms with E-state index in [1.807, 2.05) is 0 Å². The fourth-order valence-electron chi connectivity index (χ4n) is 0.132. The lowest BCUT2D eigenvalue weighted by Crippen LogP contribution is -2.32. The van der Waals surface area contributed by atoms with E-state index in [9.17, 15) is 0 Å². The lowest BCUT2D eigenvalue weighted by Gasteiger charge is -2.22. The minimum Gasteiger partial charge on any atom is -0.394 e. The van der Waals surface area contributed by atoms with Gasteiger partial charge >= 0.3 is 0 Å². The molecule has 0 aliphatic rings. The van der Waals surface area contributed by atoms with Crippen LogP contribution in [0.15, 0.2) is 0 Å². The zero-order valence-corrected chi connectivity index (χ0v) is 6.36. The number of aliphatic hydroxyl groups excluding tert-OH is 2. The molecule has 0 spiro atoms. The fraction of sp³-hybridized carbons (Fsp3) is 1.00. The Morgan fingerprint density at radius 3 is 2.00 bits per heavy atom. The molecule has 0 amide bonds. The molecule has 50 valence electrons. The first-order valence-corrected chi connectivity index (χ1v) is 3.14. The van der Waals surface area contributed by atoms with Gasteiger partial charge in [0, 0.05) is 0 Å². The molecule has 0 saturated carbocycles. The van der Waals surface area contributed by atoms with Gasteiger partial charge < -0.3 is 10.2 Å². The van der Waals surface area contributed by atoms with Crippen molar-refractivity contribution >= 4 is 25.3 Å². The topological polar surface area (TPSA) is 40.5 Å². The molecule has 0 aromatic rings. The van der Waals surface area contributed by atoms with Gasteiger partial charge in [-0.25, -0.2) is 0 Å². The van der Waals surface area contributed by atoms with Crippen molar-refractivity contribution in [1.82, 2.24) is 0 Å². The van der Waals surface area contributed by atoms with Crippen LogP contribution in [0, 0.1) is 0 Å². The highest BCUT2D eigenvalue weighted by Gasteiger charge is 2.24. The lowest BCUT2D eigenvalue weighted by molar-refractivity contribution is 0.145. The van der Waals surface area contributed by atoms with Crippen LogP contribution < -0.4 is 0 Å². The second-order valence-electron chi connectivity index (χ2n) is 1.71. The first-order chi connectivity index (χ1) is 3.50. The minimum absolute atomic E-state index is 0.239. The van der Waals surface area contributed by atoms with Crippen LogP contribution in [0.5, 0.6) is 0 Å². The van der Waals surface area contributed by atoms with Gasteiger partial charge in [0.2, 0.25) is 0 Å². The molecule has 0 fully saturated rings. The van der Waals surface area contributed by atoms with Gasteiger partial charge in [-0.2, -0.15) is 25.3 Å². The summed E-state index contributed by atoms with van der Waals surface area (Å²) in [7, 11) is 0. The van der Waals surface area contributed by atoms with E-state index in [0.29, 0.717) is 0 Å².